The second kappa shape index (κ2) is 9.57. The number of amides is 2. The number of nitrogens with one attached hydrogen (secondary N) is 1. The van der Waals surface area contributed by atoms with Crippen molar-refractivity contribution in [2.24, 2.45) is 0 Å². The van der Waals surface area contributed by atoms with Crippen LogP contribution in [0.1, 0.15) is 21.5 Å². The predicted octanol–water partition coefficient (Wildman–Crippen LogP) is 4.04. The summed E-state index contributed by atoms with van der Waals surface area (Å²) in [6.07, 6.45) is 3.50. The van der Waals surface area contributed by atoms with Gasteiger partial charge in [0.05, 0.1) is 23.3 Å². The predicted molar refractivity (Wildman–Crippen MR) is 130 cm³/mol. The molecule has 4 rings (SSSR count). The van der Waals surface area contributed by atoms with E-state index in [4.69, 9.17) is 10.00 Å². The molecule has 0 spiro atoms. The SMILES string of the molecule is COCC(=O)Nc1ccc(-c2cnn3ccc(C(=O)N(C)c4ccc(C#N)c(C)c4)cc23)cc1. The van der Waals surface area contributed by atoms with Crippen LogP contribution in [-0.4, -0.2) is 42.2 Å². The first-order valence-electron chi connectivity index (χ1n) is 10.6. The number of carbonyl (C=O) groups is 2. The van der Waals surface area contributed by atoms with E-state index in [0.717, 1.165) is 22.2 Å². The number of methoxy groups -OCH3 is 1. The maximum absolute atomic E-state index is 13.2. The van der Waals surface area contributed by atoms with Crippen LogP contribution in [0.5, 0.6) is 0 Å². The largest absolute Gasteiger partial charge is 0.375 e. The first kappa shape index (κ1) is 22.7. The highest BCUT2D eigenvalue weighted by Crippen LogP contribution is 2.27. The molecular formula is C26H23N5O3. The number of benzene rings is 2. The van der Waals surface area contributed by atoms with Crippen molar-refractivity contribution in [3.8, 4) is 17.2 Å². The van der Waals surface area contributed by atoms with Crippen molar-refractivity contribution < 1.29 is 14.3 Å². The summed E-state index contributed by atoms with van der Waals surface area (Å²) in [5.41, 5.74) is 5.84. The Balaban J connectivity index is 1.61. The van der Waals surface area contributed by atoms with Gasteiger partial charge in [0, 0.05) is 42.9 Å². The molecule has 0 radical (unpaired) electrons. The number of hydrogen-bond donors (Lipinski definition) is 1. The Morgan fingerprint density at radius 1 is 1.15 bits per heavy atom. The molecule has 8 nitrogen and oxygen atoms in total. The lowest BCUT2D eigenvalue weighted by Crippen LogP contribution is -2.26. The van der Waals surface area contributed by atoms with E-state index in [1.54, 1.807) is 47.1 Å². The summed E-state index contributed by atoms with van der Waals surface area (Å²) in [4.78, 5) is 26.5. The van der Waals surface area contributed by atoms with Crippen molar-refractivity contribution in [3.63, 3.8) is 0 Å². The fourth-order valence-corrected chi connectivity index (χ4v) is 3.69. The highest BCUT2D eigenvalue weighted by Gasteiger charge is 2.17. The molecule has 2 amide bonds. The molecule has 0 aliphatic carbocycles. The zero-order valence-corrected chi connectivity index (χ0v) is 19.1. The monoisotopic (exact) mass is 453 g/mol. The summed E-state index contributed by atoms with van der Waals surface area (Å²) >= 11 is 0. The van der Waals surface area contributed by atoms with E-state index in [2.05, 4.69) is 16.5 Å². The van der Waals surface area contributed by atoms with Crippen molar-refractivity contribution in [2.45, 2.75) is 6.92 Å². The summed E-state index contributed by atoms with van der Waals surface area (Å²) in [6, 6.07) is 18.4. The van der Waals surface area contributed by atoms with Gasteiger partial charge in [-0.05, 0) is 60.5 Å². The van der Waals surface area contributed by atoms with E-state index in [0.29, 0.717) is 22.5 Å². The lowest BCUT2D eigenvalue weighted by molar-refractivity contribution is -0.119. The van der Waals surface area contributed by atoms with Crippen molar-refractivity contribution in [1.82, 2.24) is 9.61 Å². The van der Waals surface area contributed by atoms with Gasteiger partial charge in [0.1, 0.15) is 6.61 Å². The average Bonchev–Trinajstić information content (AvgIpc) is 3.27. The minimum Gasteiger partial charge on any atom is -0.375 e. The Labute approximate surface area is 197 Å². The van der Waals surface area contributed by atoms with Gasteiger partial charge in [-0.2, -0.15) is 10.4 Å². The van der Waals surface area contributed by atoms with E-state index in [1.807, 2.05) is 43.3 Å². The highest BCUT2D eigenvalue weighted by molar-refractivity contribution is 6.07. The maximum atomic E-state index is 13.2. The van der Waals surface area contributed by atoms with Crippen LogP contribution in [0.4, 0.5) is 11.4 Å². The molecule has 2 heterocycles. The quantitative estimate of drug-likeness (QED) is 0.475. The van der Waals surface area contributed by atoms with Gasteiger partial charge < -0.3 is 15.0 Å². The second-order valence-electron chi connectivity index (χ2n) is 7.84. The fraction of sp³-hybridized carbons (Fsp3) is 0.154. The van der Waals surface area contributed by atoms with E-state index in [-0.39, 0.29) is 18.4 Å². The van der Waals surface area contributed by atoms with Gasteiger partial charge in [-0.15, -0.1) is 0 Å². The van der Waals surface area contributed by atoms with E-state index in [9.17, 15) is 9.59 Å². The average molecular weight is 454 g/mol. The van der Waals surface area contributed by atoms with Crippen LogP contribution in [0.3, 0.4) is 0 Å². The van der Waals surface area contributed by atoms with Crippen LogP contribution in [0.25, 0.3) is 16.6 Å². The molecule has 2 aromatic heterocycles. The number of carbonyl (C=O) groups excluding carboxylic acids is 2. The number of aromatic nitrogens is 2. The number of nitriles is 1. The zero-order valence-electron chi connectivity index (χ0n) is 19.1. The molecule has 0 aliphatic heterocycles. The number of ether oxygens (including phenoxy) is 1. The summed E-state index contributed by atoms with van der Waals surface area (Å²) in [7, 11) is 3.18. The van der Waals surface area contributed by atoms with Crippen LogP contribution >= 0.6 is 0 Å². The van der Waals surface area contributed by atoms with Gasteiger partial charge in [-0.3, -0.25) is 9.59 Å². The fourth-order valence-electron chi connectivity index (χ4n) is 3.69. The number of fused-ring (bicyclic) bond motifs is 1. The standard InChI is InChI=1S/C26H23N5O3/c1-17-12-22(9-6-20(17)14-27)30(2)26(33)19-10-11-31-24(13-19)23(15-28-31)18-4-7-21(8-5-18)29-25(32)16-34-3/h4-13,15H,16H2,1-3H3,(H,29,32). The van der Waals surface area contributed by atoms with Gasteiger partial charge in [0.2, 0.25) is 5.91 Å². The van der Waals surface area contributed by atoms with E-state index >= 15 is 0 Å². The van der Waals surface area contributed by atoms with Crippen molar-refractivity contribution in [1.29, 1.82) is 5.26 Å². The van der Waals surface area contributed by atoms with Gasteiger partial charge in [-0.25, -0.2) is 4.52 Å². The molecule has 0 saturated heterocycles. The minimum absolute atomic E-state index is 0.0108. The normalized spacial score (nSPS) is 10.6. The van der Waals surface area contributed by atoms with Crippen molar-refractivity contribution in [3.05, 3.63) is 83.7 Å². The maximum Gasteiger partial charge on any atom is 0.258 e. The smallest absolute Gasteiger partial charge is 0.258 e. The molecule has 0 fully saturated rings. The molecule has 34 heavy (non-hydrogen) atoms. The Morgan fingerprint density at radius 3 is 2.59 bits per heavy atom. The molecule has 0 aliphatic rings. The van der Waals surface area contributed by atoms with E-state index in [1.165, 1.54) is 7.11 Å². The Morgan fingerprint density at radius 2 is 1.91 bits per heavy atom. The minimum atomic E-state index is -0.226. The molecule has 0 bridgehead atoms. The molecule has 4 aromatic rings. The van der Waals surface area contributed by atoms with Gasteiger partial charge in [0.15, 0.2) is 0 Å². The Hall–Kier alpha value is -4.48. The summed E-state index contributed by atoms with van der Waals surface area (Å²) < 4.78 is 6.55. The Kier molecular flexibility index (Phi) is 6.39. The van der Waals surface area contributed by atoms with E-state index < -0.39 is 0 Å². The first-order chi connectivity index (χ1) is 16.4. The second-order valence-corrected chi connectivity index (χ2v) is 7.84. The summed E-state index contributed by atoms with van der Waals surface area (Å²) in [5, 5.41) is 16.3. The topological polar surface area (TPSA) is 99.7 Å². The Bertz CT molecular complexity index is 1420. The third kappa shape index (κ3) is 4.51. The van der Waals surface area contributed by atoms with Crippen LogP contribution in [0.15, 0.2) is 67.0 Å². The number of hydrogen-bond acceptors (Lipinski definition) is 5. The lowest BCUT2D eigenvalue weighted by Gasteiger charge is -2.18. The number of pyridine rings is 1. The molecule has 2 aromatic carbocycles. The van der Waals surface area contributed by atoms with Gasteiger partial charge in [-0.1, -0.05) is 12.1 Å². The van der Waals surface area contributed by atoms with Crippen molar-refractivity contribution in [2.75, 3.05) is 31.0 Å². The number of aryl methyl sites for hydroxylation is 1. The van der Waals surface area contributed by atoms with Crippen LogP contribution in [0.2, 0.25) is 0 Å². The zero-order chi connectivity index (χ0) is 24.2. The molecule has 0 saturated carbocycles. The summed E-state index contributed by atoms with van der Waals surface area (Å²) in [5.74, 6) is -0.397. The highest BCUT2D eigenvalue weighted by atomic mass is 16.5. The molecule has 1 N–H and O–H groups in total. The molecule has 0 atom stereocenters. The van der Waals surface area contributed by atoms with Crippen LogP contribution in [0, 0.1) is 18.3 Å². The lowest BCUT2D eigenvalue weighted by atomic mass is 10.1. The van der Waals surface area contributed by atoms with Gasteiger partial charge in [0.25, 0.3) is 5.91 Å². The summed E-state index contributed by atoms with van der Waals surface area (Å²) in [6.45, 7) is 1.84. The van der Waals surface area contributed by atoms with Crippen molar-refractivity contribution >= 4 is 28.7 Å². The first-order valence-corrected chi connectivity index (χ1v) is 10.6. The van der Waals surface area contributed by atoms with Crippen LogP contribution < -0.4 is 10.2 Å². The number of nitrogens with zero attached hydrogens (tertiary/aromatic N) is 4. The molecule has 8 heteroatoms. The molecular weight excluding hydrogens is 430 g/mol. The third-order valence-corrected chi connectivity index (χ3v) is 5.55. The van der Waals surface area contributed by atoms with Crippen LogP contribution in [-0.2, 0) is 9.53 Å². The molecule has 170 valence electrons. The third-order valence-electron chi connectivity index (χ3n) is 5.55. The number of anilines is 2. The number of rotatable bonds is 6. The van der Waals surface area contributed by atoms with Gasteiger partial charge >= 0.3 is 0 Å². The molecule has 0 unspecified atom stereocenters.